The highest BCUT2D eigenvalue weighted by molar-refractivity contribution is 6.18. The van der Waals surface area contributed by atoms with Crippen molar-refractivity contribution >= 4 is 5.71 Å². The number of fused-ring (bicyclic) bond motifs is 1. The summed E-state index contributed by atoms with van der Waals surface area (Å²) in [5, 5.41) is 8.29. The molecule has 0 saturated heterocycles. The van der Waals surface area contributed by atoms with Crippen molar-refractivity contribution in [1.82, 2.24) is 10.7 Å². The molecule has 4 rings (SSSR count). The number of hydrogen-bond acceptors (Lipinski definition) is 3. The first-order valence-electron chi connectivity index (χ1n) is 7.31. The van der Waals surface area contributed by atoms with Crippen molar-refractivity contribution in [3.63, 3.8) is 0 Å². The maximum absolute atomic E-state index is 4.61. The Morgan fingerprint density at radius 1 is 1.05 bits per heavy atom. The minimum absolute atomic E-state index is 0.976. The first kappa shape index (κ1) is 11.1. The molecule has 0 amide bonds. The molecule has 3 heteroatoms. The van der Waals surface area contributed by atoms with E-state index in [-0.39, 0.29) is 0 Å². The molecule has 0 saturated carbocycles. The average molecular weight is 253 g/mol. The molecule has 2 aliphatic carbocycles. The van der Waals surface area contributed by atoms with Crippen LogP contribution in [0.2, 0.25) is 0 Å². The van der Waals surface area contributed by atoms with Crippen LogP contribution in [0.5, 0.6) is 0 Å². The van der Waals surface area contributed by atoms with Crippen LogP contribution < -0.4 is 10.7 Å². The minimum atomic E-state index is 0.976. The standard InChI is InChI=1S/C16H19N3/c1-10-11-7-5-9-14-15(11)16(19-18-10)12-6-3-2-4-8-13(12)17-14/h9,17-18H,1-8H2. The molecule has 0 spiro atoms. The van der Waals surface area contributed by atoms with Crippen molar-refractivity contribution in [2.75, 3.05) is 0 Å². The van der Waals surface area contributed by atoms with Crippen molar-refractivity contribution in [2.45, 2.75) is 44.9 Å². The van der Waals surface area contributed by atoms with Gasteiger partial charge in [-0.25, -0.2) is 0 Å². The van der Waals surface area contributed by atoms with Gasteiger partial charge in [0, 0.05) is 17.0 Å². The van der Waals surface area contributed by atoms with Crippen LogP contribution in [0.4, 0.5) is 0 Å². The maximum atomic E-state index is 4.61. The molecule has 19 heavy (non-hydrogen) atoms. The van der Waals surface area contributed by atoms with E-state index in [9.17, 15) is 0 Å². The van der Waals surface area contributed by atoms with Crippen LogP contribution in [-0.4, -0.2) is 5.71 Å². The van der Waals surface area contributed by atoms with Crippen LogP contribution in [0.15, 0.2) is 51.6 Å². The summed E-state index contributed by atoms with van der Waals surface area (Å²) < 4.78 is 0. The van der Waals surface area contributed by atoms with Crippen LogP contribution in [0.3, 0.4) is 0 Å². The summed E-state index contributed by atoms with van der Waals surface area (Å²) in [5.41, 5.74) is 12.1. The van der Waals surface area contributed by atoms with Gasteiger partial charge >= 0.3 is 0 Å². The Labute approximate surface area is 113 Å². The maximum Gasteiger partial charge on any atom is 0.0979 e. The van der Waals surface area contributed by atoms with E-state index in [0.29, 0.717) is 0 Å². The molecule has 0 aromatic heterocycles. The first-order chi connectivity index (χ1) is 9.34. The fourth-order valence-corrected chi connectivity index (χ4v) is 3.55. The summed E-state index contributed by atoms with van der Waals surface area (Å²) in [6, 6.07) is 0. The Morgan fingerprint density at radius 2 is 1.95 bits per heavy atom. The summed E-state index contributed by atoms with van der Waals surface area (Å²) in [6.45, 7) is 4.10. The minimum Gasteiger partial charge on any atom is -0.358 e. The third kappa shape index (κ3) is 1.61. The number of nitrogens with zero attached hydrogens (tertiary/aromatic N) is 1. The van der Waals surface area contributed by atoms with E-state index in [1.165, 1.54) is 53.1 Å². The average Bonchev–Trinajstić information content (AvgIpc) is 2.67. The third-order valence-corrected chi connectivity index (χ3v) is 4.51. The molecule has 2 heterocycles. The lowest BCUT2D eigenvalue weighted by atomic mass is 9.82. The van der Waals surface area contributed by atoms with Crippen LogP contribution in [0.25, 0.3) is 0 Å². The van der Waals surface area contributed by atoms with Crippen molar-refractivity contribution in [2.24, 2.45) is 5.10 Å². The van der Waals surface area contributed by atoms with E-state index < -0.39 is 0 Å². The Balaban J connectivity index is 1.90. The van der Waals surface area contributed by atoms with Gasteiger partial charge in [-0.2, -0.15) is 5.10 Å². The zero-order valence-corrected chi connectivity index (χ0v) is 11.2. The molecule has 4 aliphatic rings. The SMILES string of the molecule is C=C1NN=C2C3=C(CCCCC3)NC3=CCCC1=C32. The third-order valence-electron chi connectivity index (χ3n) is 4.51. The Morgan fingerprint density at radius 3 is 2.89 bits per heavy atom. The first-order valence-corrected chi connectivity index (χ1v) is 7.31. The number of hydrogen-bond donors (Lipinski definition) is 2. The number of allylic oxidation sites excluding steroid dienone is 5. The monoisotopic (exact) mass is 253 g/mol. The second-order valence-electron chi connectivity index (χ2n) is 5.70. The lowest BCUT2D eigenvalue weighted by Crippen LogP contribution is -2.35. The van der Waals surface area contributed by atoms with Gasteiger partial charge in [-0.15, -0.1) is 0 Å². The molecule has 0 radical (unpaired) electrons. The highest BCUT2D eigenvalue weighted by atomic mass is 15.3. The smallest absolute Gasteiger partial charge is 0.0979 e. The fourth-order valence-electron chi connectivity index (χ4n) is 3.55. The summed E-state index contributed by atoms with van der Waals surface area (Å²) in [4.78, 5) is 0. The molecule has 0 unspecified atom stereocenters. The van der Waals surface area contributed by atoms with Crippen LogP contribution in [-0.2, 0) is 0 Å². The van der Waals surface area contributed by atoms with Crippen molar-refractivity contribution in [3.05, 3.63) is 46.5 Å². The molecule has 0 atom stereocenters. The van der Waals surface area contributed by atoms with Crippen molar-refractivity contribution < 1.29 is 0 Å². The van der Waals surface area contributed by atoms with Gasteiger partial charge in [-0.05, 0) is 49.7 Å². The highest BCUT2D eigenvalue weighted by Gasteiger charge is 2.33. The topological polar surface area (TPSA) is 36.4 Å². The van der Waals surface area contributed by atoms with Gasteiger partial charge in [-0.1, -0.05) is 19.1 Å². The summed E-state index contributed by atoms with van der Waals surface area (Å²) >= 11 is 0. The van der Waals surface area contributed by atoms with E-state index in [4.69, 9.17) is 0 Å². The molecular weight excluding hydrogens is 234 g/mol. The zero-order valence-electron chi connectivity index (χ0n) is 11.2. The van der Waals surface area contributed by atoms with Gasteiger partial charge in [0.15, 0.2) is 0 Å². The predicted molar refractivity (Wildman–Crippen MR) is 77.3 cm³/mol. The van der Waals surface area contributed by atoms with Crippen LogP contribution >= 0.6 is 0 Å². The van der Waals surface area contributed by atoms with Crippen LogP contribution in [0.1, 0.15) is 44.9 Å². The van der Waals surface area contributed by atoms with Crippen LogP contribution in [0, 0.1) is 0 Å². The largest absolute Gasteiger partial charge is 0.358 e. The summed E-state index contributed by atoms with van der Waals surface area (Å²) in [5.74, 6) is 0. The van der Waals surface area contributed by atoms with Gasteiger partial charge in [0.05, 0.1) is 11.4 Å². The van der Waals surface area contributed by atoms with E-state index >= 15 is 0 Å². The van der Waals surface area contributed by atoms with Gasteiger partial charge in [0.25, 0.3) is 0 Å². The number of rotatable bonds is 0. The zero-order chi connectivity index (χ0) is 12.8. The molecule has 0 bridgehead atoms. The Kier molecular flexibility index (Phi) is 2.40. The molecule has 0 fully saturated rings. The Hall–Kier alpha value is -1.77. The fraction of sp³-hybridized carbons (Fsp3) is 0.438. The van der Waals surface area contributed by atoms with E-state index in [1.54, 1.807) is 0 Å². The predicted octanol–water partition coefficient (Wildman–Crippen LogP) is 3.26. The highest BCUT2D eigenvalue weighted by Crippen LogP contribution is 2.39. The summed E-state index contributed by atoms with van der Waals surface area (Å²) in [6.07, 6.45) is 10.7. The second kappa shape index (κ2) is 4.12. The van der Waals surface area contributed by atoms with Crippen molar-refractivity contribution in [1.29, 1.82) is 0 Å². The molecular formula is C16H19N3. The molecule has 3 nitrogen and oxygen atoms in total. The summed E-state index contributed by atoms with van der Waals surface area (Å²) in [7, 11) is 0. The molecule has 2 aliphatic heterocycles. The lowest BCUT2D eigenvalue weighted by Gasteiger charge is -2.34. The lowest BCUT2D eigenvalue weighted by molar-refractivity contribution is 0.699. The van der Waals surface area contributed by atoms with E-state index in [0.717, 1.165) is 31.4 Å². The molecule has 0 aromatic carbocycles. The van der Waals surface area contributed by atoms with Gasteiger partial charge in [0.2, 0.25) is 0 Å². The van der Waals surface area contributed by atoms with Gasteiger partial charge < -0.3 is 5.32 Å². The number of nitrogens with one attached hydrogen (secondary N) is 2. The van der Waals surface area contributed by atoms with E-state index in [1.807, 2.05) is 0 Å². The molecule has 98 valence electrons. The molecule has 0 aromatic rings. The molecule has 2 N–H and O–H groups in total. The van der Waals surface area contributed by atoms with Gasteiger partial charge in [0.1, 0.15) is 0 Å². The van der Waals surface area contributed by atoms with Gasteiger partial charge in [-0.3, -0.25) is 5.43 Å². The van der Waals surface area contributed by atoms with Crippen molar-refractivity contribution in [3.8, 4) is 0 Å². The number of hydrazone groups is 1. The van der Waals surface area contributed by atoms with E-state index in [2.05, 4.69) is 28.5 Å². The second-order valence-corrected chi connectivity index (χ2v) is 5.70. The normalized spacial score (nSPS) is 25.6. The Bertz CT molecular complexity index is 587. The quantitative estimate of drug-likeness (QED) is 0.695.